The fourth-order valence-electron chi connectivity index (χ4n) is 1.46. The van der Waals surface area contributed by atoms with Crippen molar-refractivity contribution in [3.05, 3.63) is 24.0 Å². The molecule has 7 heteroatoms. The molecule has 2 aromatic heterocycles. The van der Waals surface area contributed by atoms with Crippen LogP contribution in [0, 0.1) is 0 Å². The van der Waals surface area contributed by atoms with Crippen molar-refractivity contribution in [1.82, 2.24) is 29.8 Å². The molecule has 7 nitrogen and oxygen atoms in total. The van der Waals surface area contributed by atoms with Crippen LogP contribution in [0.25, 0.3) is 0 Å². The van der Waals surface area contributed by atoms with Crippen molar-refractivity contribution in [3.8, 4) is 0 Å². The Morgan fingerprint density at radius 3 is 3.06 bits per heavy atom. The number of nitrogens with zero attached hydrogens (tertiary/aromatic N) is 6. The summed E-state index contributed by atoms with van der Waals surface area (Å²) in [6, 6.07) is 0. The Labute approximate surface area is 92.7 Å². The van der Waals surface area contributed by atoms with Gasteiger partial charge < -0.3 is 5.11 Å². The lowest BCUT2D eigenvalue weighted by molar-refractivity contribution is 0.298. The molecular formula is C9H14N6O. The smallest absolute Gasteiger partial charge is 0.148 e. The normalized spacial score (nSPS) is 10.9. The van der Waals surface area contributed by atoms with Gasteiger partial charge in [-0.25, -0.2) is 14.3 Å². The van der Waals surface area contributed by atoms with Crippen LogP contribution in [0.4, 0.5) is 0 Å². The Kier molecular flexibility index (Phi) is 3.25. The van der Waals surface area contributed by atoms with E-state index in [4.69, 9.17) is 5.11 Å². The third kappa shape index (κ3) is 2.25. The summed E-state index contributed by atoms with van der Waals surface area (Å²) in [6.07, 6.45) is 3.87. The highest BCUT2D eigenvalue weighted by Crippen LogP contribution is 1.99. The van der Waals surface area contributed by atoms with Gasteiger partial charge in [0.1, 0.15) is 18.7 Å². The minimum atomic E-state index is 0.0871. The van der Waals surface area contributed by atoms with Crippen molar-refractivity contribution in [2.45, 2.75) is 26.4 Å². The second-order valence-electron chi connectivity index (χ2n) is 3.37. The van der Waals surface area contributed by atoms with E-state index in [-0.39, 0.29) is 6.61 Å². The quantitative estimate of drug-likeness (QED) is 0.735. The van der Waals surface area contributed by atoms with E-state index in [2.05, 4.69) is 20.4 Å². The summed E-state index contributed by atoms with van der Waals surface area (Å²) >= 11 is 0. The van der Waals surface area contributed by atoms with Crippen LogP contribution in [0.15, 0.2) is 12.5 Å². The van der Waals surface area contributed by atoms with Gasteiger partial charge in [0.2, 0.25) is 0 Å². The van der Waals surface area contributed by atoms with E-state index in [1.54, 1.807) is 4.68 Å². The summed E-state index contributed by atoms with van der Waals surface area (Å²) in [5, 5.41) is 20.7. The first-order valence-electron chi connectivity index (χ1n) is 5.20. The Bertz CT molecular complexity index is 448. The maximum Gasteiger partial charge on any atom is 0.148 e. The van der Waals surface area contributed by atoms with Crippen molar-refractivity contribution in [2.75, 3.05) is 6.61 Å². The lowest BCUT2D eigenvalue weighted by atomic mass is 10.3. The van der Waals surface area contributed by atoms with Gasteiger partial charge in [-0.2, -0.15) is 5.10 Å². The summed E-state index contributed by atoms with van der Waals surface area (Å²) in [4.78, 5) is 4.15. The number of hydrogen-bond acceptors (Lipinski definition) is 5. The highest BCUT2D eigenvalue weighted by Gasteiger charge is 2.05. The van der Waals surface area contributed by atoms with E-state index in [0.29, 0.717) is 13.0 Å². The molecule has 0 radical (unpaired) electrons. The molecule has 0 saturated carbocycles. The molecule has 0 spiro atoms. The van der Waals surface area contributed by atoms with Crippen LogP contribution in [0.3, 0.4) is 0 Å². The van der Waals surface area contributed by atoms with Crippen LogP contribution in [-0.4, -0.2) is 41.5 Å². The van der Waals surface area contributed by atoms with Crippen LogP contribution >= 0.6 is 0 Å². The average Bonchev–Trinajstić information content (AvgIpc) is 2.89. The summed E-state index contributed by atoms with van der Waals surface area (Å²) in [5.74, 6) is 0.850. The number of rotatable bonds is 5. The maximum absolute atomic E-state index is 8.76. The highest BCUT2D eigenvalue weighted by molar-refractivity contribution is 4.94. The standard InChI is InChI=1S/C9H14N6O/c1-2-15-9(10-7-11-15)6-14-5-8(3-4-16)12-13-14/h5,7,16H,2-4,6H2,1H3. The predicted molar refractivity (Wildman–Crippen MR) is 55.6 cm³/mol. The van der Waals surface area contributed by atoms with Gasteiger partial charge in [-0.1, -0.05) is 5.21 Å². The van der Waals surface area contributed by atoms with Crippen molar-refractivity contribution in [2.24, 2.45) is 0 Å². The number of aryl methyl sites for hydroxylation is 1. The van der Waals surface area contributed by atoms with Gasteiger partial charge in [0, 0.05) is 25.8 Å². The third-order valence-electron chi connectivity index (χ3n) is 2.25. The molecule has 2 aromatic rings. The first-order valence-corrected chi connectivity index (χ1v) is 5.20. The zero-order valence-electron chi connectivity index (χ0n) is 9.11. The number of aliphatic hydroxyl groups excluding tert-OH is 1. The maximum atomic E-state index is 8.76. The Morgan fingerprint density at radius 2 is 2.31 bits per heavy atom. The van der Waals surface area contributed by atoms with Crippen molar-refractivity contribution >= 4 is 0 Å². The lowest BCUT2D eigenvalue weighted by Gasteiger charge is -2.01. The second kappa shape index (κ2) is 4.84. The van der Waals surface area contributed by atoms with Crippen molar-refractivity contribution in [3.63, 3.8) is 0 Å². The Morgan fingerprint density at radius 1 is 1.44 bits per heavy atom. The van der Waals surface area contributed by atoms with Gasteiger partial charge in [0.15, 0.2) is 0 Å². The topological polar surface area (TPSA) is 81.7 Å². The Balaban J connectivity index is 2.08. The summed E-state index contributed by atoms with van der Waals surface area (Å²) in [5.41, 5.74) is 0.782. The van der Waals surface area contributed by atoms with Crippen LogP contribution < -0.4 is 0 Å². The minimum absolute atomic E-state index is 0.0871. The summed E-state index contributed by atoms with van der Waals surface area (Å²) in [6.45, 7) is 3.43. The first-order chi connectivity index (χ1) is 7.83. The van der Waals surface area contributed by atoms with Crippen LogP contribution in [-0.2, 0) is 19.5 Å². The molecule has 0 unspecified atom stereocenters. The molecule has 0 fully saturated rings. The van der Waals surface area contributed by atoms with E-state index >= 15 is 0 Å². The summed E-state index contributed by atoms with van der Waals surface area (Å²) in [7, 11) is 0. The van der Waals surface area contributed by atoms with Gasteiger partial charge in [-0.3, -0.25) is 0 Å². The molecule has 0 atom stereocenters. The molecule has 2 rings (SSSR count). The van der Waals surface area contributed by atoms with Gasteiger partial charge in [-0.15, -0.1) is 5.10 Å². The van der Waals surface area contributed by atoms with Gasteiger partial charge in [0.05, 0.1) is 5.69 Å². The molecular weight excluding hydrogens is 208 g/mol. The average molecular weight is 222 g/mol. The lowest BCUT2D eigenvalue weighted by Crippen LogP contribution is -2.09. The number of aromatic nitrogens is 6. The zero-order chi connectivity index (χ0) is 11.4. The number of aliphatic hydroxyl groups is 1. The van der Waals surface area contributed by atoms with Crippen molar-refractivity contribution < 1.29 is 5.11 Å². The molecule has 0 aliphatic heterocycles. The van der Waals surface area contributed by atoms with E-state index in [9.17, 15) is 0 Å². The fourth-order valence-corrected chi connectivity index (χ4v) is 1.46. The van der Waals surface area contributed by atoms with E-state index < -0.39 is 0 Å². The molecule has 0 amide bonds. The highest BCUT2D eigenvalue weighted by atomic mass is 16.3. The SMILES string of the molecule is CCn1ncnc1Cn1cc(CCO)nn1. The van der Waals surface area contributed by atoms with Gasteiger partial charge >= 0.3 is 0 Å². The first kappa shape index (κ1) is 10.7. The monoisotopic (exact) mass is 222 g/mol. The molecule has 0 aliphatic rings. The summed E-state index contributed by atoms with van der Waals surface area (Å²) < 4.78 is 3.51. The predicted octanol–water partition coefficient (Wildman–Crippen LogP) is -0.527. The molecule has 16 heavy (non-hydrogen) atoms. The molecule has 0 aliphatic carbocycles. The van der Waals surface area contributed by atoms with Crippen LogP contribution in [0.1, 0.15) is 18.4 Å². The van der Waals surface area contributed by atoms with Crippen LogP contribution in [0.2, 0.25) is 0 Å². The molecule has 0 bridgehead atoms. The second-order valence-corrected chi connectivity index (χ2v) is 3.37. The van der Waals surface area contributed by atoms with Gasteiger partial charge in [-0.05, 0) is 6.92 Å². The van der Waals surface area contributed by atoms with Crippen LogP contribution in [0.5, 0.6) is 0 Å². The van der Waals surface area contributed by atoms with Gasteiger partial charge in [0.25, 0.3) is 0 Å². The van der Waals surface area contributed by atoms with E-state index in [0.717, 1.165) is 18.1 Å². The van der Waals surface area contributed by atoms with E-state index in [1.807, 2.05) is 17.8 Å². The van der Waals surface area contributed by atoms with Crippen molar-refractivity contribution in [1.29, 1.82) is 0 Å². The fraction of sp³-hybridized carbons (Fsp3) is 0.556. The third-order valence-corrected chi connectivity index (χ3v) is 2.25. The molecule has 0 saturated heterocycles. The minimum Gasteiger partial charge on any atom is -0.396 e. The molecule has 1 N–H and O–H groups in total. The molecule has 86 valence electrons. The van der Waals surface area contributed by atoms with E-state index in [1.165, 1.54) is 6.33 Å². The molecule has 2 heterocycles. The Hall–Kier alpha value is -1.76. The molecule has 0 aromatic carbocycles. The zero-order valence-corrected chi connectivity index (χ0v) is 9.11. The largest absolute Gasteiger partial charge is 0.396 e. The number of hydrogen-bond donors (Lipinski definition) is 1.